The van der Waals surface area contributed by atoms with Gasteiger partial charge in [-0.05, 0) is 6.92 Å². The van der Waals surface area contributed by atoms with Crippen LogP contribution in [-0.2, 0) is 26.4 Å². The van der Waals surface area contributed by atoms with Crippen molar-refractivity contribution in [3.63, 3.8) is 0 Å². The van der Waals surface area contributed by atoms with Gasteiger partial charge in [-0.1, -0.05) is 13.8 Å². The van der Waals surface area contributed by atoms with Crippen LogP contribution in [0.25, 0.3) is 5.82 Å². The molecule has 6 nitrogen and oxygen atoms in total. The van der Waals surface area contributed by atoms with Gasteiger partial charge < -0.3 is 5.73 Å². The van der Waals surface area contributed by atoms with Gasteiger partial charge in [0.1, 0.15) is 5.82 Å². The average molecular weight is 248 g/mol. The first-order chi connectivity index (χ1) is 8.62. The fourth-order valence-corrected chi connectivity index (χ4v) is 2.13. The third-order valence-electron chi connectivity index (χ3n) is 3.07. The van der Waals surface area contributed by atoms with E-state index in [1.54, 1.807) is 0 Å². The summed E-state index contributed by atoms with van der Waals surface area (Å²) in [5.41, 5.74) is 7.80. The second-order valence-corrected chi connectivity index (χ2v) is 4.28. The molecule has 0 saturated heterocycles. The highest BCUT2D eigenvalue weighted by molar-refractivity contribution is 5.38. The van der Waals surface area contributed by atoms with E-state index in [-0.39, 0.29) is 0 Å². The van der Waals surface area contributed by atoms with Gasteiger partial charge in [0.05, 0.1) is 5.69 Å². The zero-order valence-corrected chi connectivity index (χ0v) is 11.4. The van der Waals surface area contributed by atoms with Crippen LogP contribution >= 0.6 is 0 Å². The van der Waals surface area contributed by atoms with Gasteiger partial charge in [0.25, 0.3) is 0 Å². The van der Waals surface area contributed by atoms with Crippen LogP contribution in [-0.4, -0.2) is 24.5 Å². The molecule has 2 heterocycles. The Morgan fingerprint density at radius 1 is 1.17 bits per heavy atom. The zero-order chi connectivity index (χ0) is 13.3. The highest BCUT2D eigenvalue weighted by atomic mass is 15.4. The van der Waals surface area contributed by atoms with E-state index in [1.807, 2.05) is 23.3 Å². The lowest BCUT2D eigenvalue weighted by Gasteiger charge is -2.07. The molecule has 0 unspecified atom stereocenters. The molecule has 2 aromatic heterocycles. The summed E-state index contributed by atoms with van der Waals surface area (Å²) < 4.78 is 3.70. The summed E-state index contributed by atoms with van der Waals surface area (Å²) in [6, 6.07) is 0. The monoisotopic (exact) mass is 248 g/mol. The maximum Gasteiger partial charge on any atom is 0.158 e. The largest absolute Gasteiger partial charge is 0.326 e. The van der Waals surface area contributed by atoms with Crippen LogP contribution in [0.4, 0.5) is 0 Å². The second-order valence-electron chi connectivity index (χ2n) is 4.28. The van der Waals surface area contributed by atoms with E-state index in [2.05, 4.69) is 29.0 Å². The maximum atomic E-state index is 5.82. The van der Waals surface area contributed by atoms with Crippen molar-refractivity contribution in [2.24, 2.45) is 12.8 Å². The van der Waals surface area contributed by atoms with Gasteiger partial charge in [-0.3, -0.25) is 4.68 Å². The number of rotatable bonds is 4. The number of nitrogens with two attached hydrogens (primary N) is 1. The van der Waals surface area contributed by atoms with Crippen molar-refractivity contribution in [2.45, 2.75) is 40.2 Å². The minimum atomic E-state index is 0.458. The van der Waals surface area contributed by atoms with Gasteiger partial charge in [-0.25, -0.2) is 4.98 Å². The molecule has 0 aromatic carbocycles. The minimum Gasteiger partial charge on any atom is -0.326 e. The lowest BCUT2D eigenvalue weighted by atomic mass is 10.2. The molecule has 18 heavy (non-hydrogen) atoms. The van der Waals surface area contributed by atoms with Gasteiger partial charge in [0, 0.05) is 32.0 Å². The first kappa shape index (κ1) is 12.8. The maximum absolute atomic E-state index is 5.82. The van der Waals surface area contributed by atoms with Gasteiger partial charge in [-0.2, -0.15) is 9.78 Å². The van der Waals surface area contributed by atoms with Crippen LogP contribution < -0.4 is 5.73 Å². The first-order valence-electron chi connectivity index (χ1n) is 6.30. The Morgan fingerprint density at radius 2 is 1.89 bits per heavy atom. The van der Waals surface area contributed by atoms with Gasteiger partial charge in [0.15, 0.2) is 11.6 Å². The zero-order valence-electron chi connectivity index (χ0n) is 11.4. The van der Waals surface area contributed by atoms with Crippen molar-refractivity contribution in [3.8, 4) is 5.82 Å². The summed E-state index contributed by atoms with van der Waals surface area (Å²) in [4.78, 5) is 4.52. The predicted molar refractivity (Wildman–Crippen MR) is 69.5 cm³/mol. The molecule has 0 aliphatic heterocycles. The lowest BCUT2D eigenvalue weighted by molar-refractivity contribution is 0.668. The van der Waals surface area contributed by atoms with Crippen LogP contribution in [0.2, 0.25) is 0 Å². The Bertz CT molecular complexity index is 551. The van der Waals surface area contributed by atoms with Crippen molar-refractivity contribution in [2.75, 3.05) is 0 Å². The summed E-state index contributed by atoms with van der Waals surface area (Å²) in [5, 5.41) is 8.96. The molecule has 0 saturated carbocycles. The predicted octanol–water partition coefficient (Wildman–Crippen LogP) is 0.893. The Hall–Kier alpha value is -1.69. The number of hydrogen-bond donors (Lipinski definition) is 1. The smallest absolute Gasteiger partial charge is 0.158 e. The number of aromatic nitrogens is 5. The third kappa shape index (κ3) is 1.92. The first-order valence-corrected chi connectivity index (χ1v) is 6.30. The molecule has 0 radical (unpaired) electrons. The minimum absolute atomic E-state index is 0.458. The van der Waals surface area contributed by atoms with Crippen molar-refractivity contribution in [3.05, 3.63) is 22.9 Å². The summed E-state index contributed by atoms with van der Waals surface area (Å²) in [6.45, 7) is 6.55. The Morgan fingerprint density at radius 3 is 2.44 bits per heavy atom. The number of aryl methyl sites for hydroxylation is 4. The molecule has 0 fully saturated rings. The van der Waals surface area contributed by atoms with Crippen molar-refractivity contribution in [1.29, 1.82) is 0 Å². The fourth-order valence-electron chi connectivity index (χ4n) is 2.13. The van der Waals surface area contributed by atoms with E-state index in [0.29, 0.717) is 6.54 Å². The van der Waals surface area contributed by atoms with Crippen LogP contribution in [0, 0.1) is 6.92 Å². The molecule has 0 amide bonds. The molecule has 0 spiro atoms. The molecule has 0 aliphatic rings. The molecule has 0 aliphatic carbocycles. The van der Waals surface area contributed by atoms with Crippen molar-refractivity contribution >= 4 is 0 Å². The van der Waals surface area contributed by atoms with Crippen molar-refractivity contribution < 1.29 is 0 Å². The molecule has 2 N–H and O–H groups in total. The Labute approximate surface area is 107 Å². The normalized spacial score (nSPS) is 11.2. The molecular formula is C12H20N6. The molecule has 98 valence electrons. The van der Waals surface area contributed by atoms with E-state index in [0.717, 1.165) is 41.6 Å². The standard InChI is InChI=1S/C12H20N6/c1-5-10-14-11(6-2)18(16-10)12-9(7-13)8(3)15-17(12)4/h5-7,13H2,1-4H3. The summed E-state index contributed by atoms with van der Waals surface area (Å²) in [7, 11) is 1.91. The molecule has 2 aromatic rings. The van der Waals surface area contributed by atoms with Gasteiger partial charge >= 0.3 is 0 Å². The lowest BCUT2D eigenvalue weighted by Crippen LogP contribution is -2.12. The topological polar surface area (TPSA) is 74.6 Å². The second kappa shape index (κ2) is 4.89. The highest BCUT2D eigenvalue weighted by Gasteiger charge is 2.18. The van der Waals surface area contributed by atoms with E-state index in [1.165, 1.54) is 0 Å². The van der Waals surface area contributed by atoms with E-state index in [4.69, 9.17) is 5.73 Å². The summed E-state index contributed by atoms with van der Waals surface area (Å²) >= 11 is 0. The quantitative estimate of drug-likeness (QED) is 0.872. The number of nitrogens with zero attached hydrogens (tertiary/aromatic N) is 5. The van der Waals surface area contributed by atoms with Gasteiger partial charge in [-0.15, -0.1) is 5.10 Å². The van der Waals surface area contributed by atoms with Gasteiger partial charge in [0.2, 0.25) is 0 Å². The Balaban J connectivity index is 2.64. The molecule has 0 atom stereocenters. The van der Waals surface area contributed by atoms with Crippen LogP contribution in [0.1, 0.15) is 36.8 Å². The molecule has 6 heteroatoms. The van der Waals surface area contributed by atoms with E-state index >= 15 is 0 Å². The summed E-state index contributed by atoms with van der Waals surface area (Å²) in [5.74, 6) is 2.73. The summed E-state index contributed by atoms with van der Waals surface area (Å²) in [6.07, 6.45) is 1.66. The van der Waals surface area contributed by atoms with E-state index < -0.39 is 0 Å². The van der Waals surface area contributed by atoms with E-state index in [9.17, 15) is 0 Å². The number of hydrogen-bond acceptors (Lipinski definition) is 4. The molecule has 2 rings (SSSR count). The Kier molecular flexibility index (Phi) is 3.47. The fraction of sp³-hybridized carbons (Fsp3) is 0.583. The molecular weight excluding hydrogens is 228 g/mol. The third-order valence-corrected chi connectivity index (χ3v) is 3.07. The molecule has 0 bridgehead atoms. The van der Waals surface area contributed by atoms with Crippen LogP contribution in [0.3, 0.4) is 0 Å². The average Bonchev–Trinajstić information content (AvgIpc) is 2.88. The SMILES string of the molecule is CCc1nc(CC)n(-c2c(CN)c(C)nn2C)n1. The van der Waals surface area contributed by atoms with Crippen LogP contribution in [0.15, 0.2) is 0 Å². The van der Waals surface area contributed by atoms with Crippen LogP contribution in [0.5, 0.6) is 0 Å². The highest BCUT2D eigenvalue weighted by Crippen LogP contribution is 2.18. The van der Waals surface area contributed by atoms with Crippen molar-refractivity contribution in [1.82, 2.24) is 24.5 Å².